The van der Waals surface area contributed by atoms with E-state index in [2.05, 4.69) is 10.2 Å². The first kappa shape index (κ1) is 6.00. The molecule has 0 aliphatic carbocycles. The summed E-state index contributed by atoms with van der Waals surface area (Å²) < 4.78 is 0. The van der Waals surface area contributed by atoms with Gasteiger partial charge in [0.05, 0.1) is 0 Å². The van der Waals surface area contributed by atoms with Crippen molar-refractivity contribution in [2.24, 2.45) is 10.2 Å². The lowest BCUT2D eigenvalue weighted by Gasteiger charge is -1.77. The van der Waals surface area contributed by atoms with Crippen LogP contribution in [0.1, 0.15) is 0 Å². The van der Waals surface area contributed by atoms with Crippen molar-refractivity contribution in [3.63, 3.8) is 0 Å². The van der Waals surface area contributed by atoms with E-state index in [0.29, 0.717) is 0 Å². The Hall–Kier alpha value is -1.00. The number of nitro groups is 1. The Bertz CT molecular complexity index is 88.9. The Labute approximate surface area is 40.2 Å². The van der Waals surface area contributed by atoms with E-state index in [1.54, 1.807) is 0 Å². The molecular weight excluding hydrogens is 98.0 g/mol. The van der Waals surface area contributed by atoms with Crippen LogP contribution in [0.5, 0.6) is 0 Å². The lowest BCUT2D eigenvalue weighted by atomic mass is 11.2. The molecule has 5 heteroatoms. The molecule has 0 saturated heterocycles. The van der Waals surface area contributed by atoms with Crippen molar-refractivity contribution < 1.29 is 4.92 Å². The molecule has 0 spiro atoms. The van der Waals surface area contributed by atoms with Gasteiger partial charge in [0, 0.05) is 12.0 Å². The molecule has 0 radical (unpaired) electrons. The van der Waals surface area contributed by atoms with Crippen LogP contribution in [0.3, 0.4) is 0 Å². The van der Waals surface area contributed by atoms with Gasteiger partial charge in [-0.05, 0) is 0 Å². The minimum atomic E-state index is -0.549. The van der Waals surface area contributed by atoms with Crippen molar-refractivity contribution in [3.05, 3.63) is 10.1 Å². The smallest absolute Gasteiger partial charge is 0.262 e. The minimum Gasteiger partial charge on any atom is -0.262 e. The molecule has 0 saturated carbocycles. The number of rotatable bonds is 2. The highest BCUT2D eigenvalue weighted by molar-refractivity contribution is 4.13. The number of hydrogen-bond donors (Lipinski definition) is 0. The maximum Gasteiger partial charge on any atom is 0.311 e. The monoisotopic (exact) mass is 103 g/mol. The quantitative estimate of drug-likeness (QED) is 0.286. The van der Waals surface area contributed by atoms with Crippen molar-refractivity contribution in [1.29, 1.82) is 0 Å². The molecule has 7 heavy (non-hydrogen) atoms. The van der Waals surface area contributed by atoms with E-state index in [-0.39, 0.29) is 0 Å². The number of nitrogens with zero attached hydrogens (tertiary/aromatic N) is 3. The van der Waals surface area contributed by atoms with Gasteiger partial charge in [0.1, 0.15) is 0 Å². The second-order valence-electron chi connectivity index (χ2n) is 0.816. The lowest BCUT2D eigenvalue weighted by Crippen LogP contribution is -1.94. The Morgan fingerprint density at radius 3 is 2.57 bits per heavy atom. The van der Waals surface area contributed by atoms with E-state index < -0.39 is 11.6 Å². The second-order valence-corrected chi connectivity index (χ2v) is 0.816. The third-order valence-corrected chi connectivity index (χ3v) is 0.320. The zero-order chi connectivity index (χ0) is 5.70. The Kier molecular flexibility index (Phi) is 2.74. The molecule has 0 aromatic rings. The maximum atomic E-state index is 9.41. The van der Waals surface area contributed by atoms with E-state index in [0.717, 1.165) is 0 Å². The lowest BCUT2D eigenvalue weighted by molar-refractivity contribution is -0.478. The van der Waals surface area contributed by atoms with Crippen molar-refractivity contribution in [2.45, 2.75) is 0 Å². The molecule has 5 nitrogen and oxygen atoms in total. The topological polar surface area (TPSA) is 67.9 Å². The van der Waals surface area contributed by atoms with E-state index in [4.69, 9.17) is 0 Å². The maximum absolute atomic E-state index is 9.41. The molecule has 0 aromatic carbocycles. The van der Waals surface area contributed by atoms with Crippen molar-refractivity contribution in [3.8, 4) is 0 Å². The van der Waals surface area contributed by atoms with E-state index in [1.807, 2.05) is 0 Å². The molecule has 0 unspecified atom stereocenters. The van der Waals surface area contributed by atoms with Gasteiger partial charge in [-0.2, -0.15) is 5.11 Å². The zero-order valence-corrected chi connectivity index (χ0v) is 3.87. The minimum absolute atomic E-state index is 0.420. The van der Waals surface area contributed by atoms with Gasteiger partial charge in [-0.15, -0.1) is 5.11 Å². The molecule has 0 rings (SSSR count). The van der Waals surface area contributed by atoms with Gasteiger partial charge in [0.2, 0.25) is 0 Å². The first-order valence-electron chi connectivity index (χ1n) is 1.64. The Morgan fingerprint density at radius 1 is 1.86 bits per heavy atom. The first-order chi connectivity index (χ1) is 3.27. The summed E-state index contributed by atoms with van der Waals surface area (Å²) in [4.78, 5) is 8.86. The predicted molar refractivity (Wildman–Crippen MR) is 22.6 cm³/mol. The molecule has 0 amide bonds. The average molecular weight is 103 g/mol. The van der Waals surface area contributed by atoms with Crippen LogP contribution in [-0.4, -0.2) is 18.6 Å². The molecule has 0 bridgehead atoms. The largest absolute Gasteiger partial charge is 0.311 e. The van der Waals surface area contributed by atoms with Crippen LogP contribution in [0.2, 0.25) is 0 Å². The van der Waals surface area contributed by atoms with Crippen LogP contribution >= 0.6 is 0 Å². The van der Waals surface area contributed by atoms with Crippen molar-refractivity contribution in [2.75, 3.05) is 13.7 Å². The van der Waals surface area contributed by atoms with Gasteiger partial charge < -0.3 is 0 Å². The highest BCUT2D eigenvalue weighted by Gasteiger charge is 1.85. The summed E-state index contributed by atoms with van der Waals surface area (Å²) in [5, 5.41) is 15.7. The summed E-state index contributed by atoms with van der Waals surface area (Å²) in [5.74, 6) is 0. The fraction of sp³-hybridized carbons (Fsp3) is 1.00. The molecular formula is C2H5N3O2. The second kappa shape index (κ2) is 3.20. The number of azo groups is 1. The summed E-state index contributed by atoms with van der Waals surface area (Å²) in [6.07, 6.45) is 0. The summed E-state index contributed by atoms with van der Waals surface area (Å²) in [6, 6.07) is 0. The van der Waals surface area contributed by atoms with Gasteiger partial charge in [0.15, 0.2) is 0 Å². The molecule has 0 aliphatic rings. The molecule has 0 fully saturated rings. The van der Waals surface area contributed by atoms with Gasteiger partial charge >= 0.3 is 6.67 Å². The average Bonchev–Trinajstić information content (AvgIpc) is 1.61. The highest BCUT2D eigenvalue weighted by Crippen LogP contribution is 1.69. The van der Waals surface area contributed by atoms with Crippen LogP contribution in [0.15, 0.2) is 10.2 Å². The van der Waals surface area contributed by atoms with Crippen LogP contribution < -0.4 is 0 Å². The number of hydrogen-bond acceptors (Lipinski definition) is 4. The first-order valence-corrected chi connectivity index (χ1v) is 1.64. The Morgan fingerprint density at radius 2 is 2.43 bits per heavy atom. The van der Waals surface area contributed by atoms with E-state index in [9.17, 15) is 10.1 Å². The van der Waals surface area contributed by atoms with E-state index >= 15 is 0 Å². The van der Waals surface area contributed by atoms with Gasteiger partial charge in [-0.25, -0.2) is 0 Å². The fourth-order valence-electron chi connectivity index (χ4n) is 0.115. The van der Waals surface area contributed by atoms with Gasteiger partial charge in [-0.3, -0.25) is 10.1 Å². The molecule has 0 aliphatic heterocycles. The fourth-order valence-corrected chi connectivity index (χ4v) is 0.115. The molecule has 0 N–H and O–H groups in total. The summed E-state index contributed by atoms with van der Waals surface area (Å²) in [7, 11) is 1.39. The van der Waals surface area contributed by atoms with Gasteiger partial charge in [-0.1, -0.05) is 0 Å². The molecule has 0 aromatic heterocycles. The summed E-state index contributed by atoms with van der Waals surface area (Å²) in [6.45, 7) is -0.420. The van der Waals surface area contributed by atoms with Crippen molar-refractivity contribution >= 4 is 0 Å². The Balaban J connectivity index is 3.14. The van der Waals surface area contributed by atoms with Crippen LogP contribution in [-0.2, 0) is 0 Å². The SMILES string of the molecule is CN=NC[N+](=O)[O-]. The summed E-state index contributed by atoms with van der Waals surface area (Å²) >= 11 is 0. The zero-order valence-electron chi connectivity index (χ0n) is 3.87. The summed E-state index contributed by atoms with van der Waals surface area (Å²) in [5.41, 5.74) is 0. The third-order valence-electron chi connectivity index (χ3n) is 0.320. The molecule has 0 heterocycles. The van der Waals surface area contributed by atoms with Crippen molar-refractivity contribution in [1.82, 2.24) is 0 Å². The molecule has 0 atom stereocenters. The van der Waals surface area contributed by atoms with Crippen LogP contribution in [0.25, 0.3) is 0 Å². The third kappa shape index (κ3) is 5.00. The predicted octanol–water partition coefficient (Wildman–Crippen LogP) is 0.303. The standard InChI is InChI=1S/C2H5N3O2/c1-3-4-2-5(6)7/h2H2,1H3. The van der Waals surface area contributed by atoms with Gasteiger partial charge in [0.25, 0.3) is 0 Å². The van der Waals surface area contributed by atoms with E-state index in [1.165, 1.54) is 7.05 Å². The molecule has 40 valence electrons. The highest BCUT2D eigenvalue weighted by atomic mass is 16.6. The van der Waals surface area contributed by atoms with Crippen LogP contribution in [0, 0.1) is 10.1 Å². The van der Waals surface area contributed by atoms with Crippen LogP contribution in [0.4, 0.5) is 0 Å². The normalized spacial score (nSPS) is 9.86.